The van der Waals surface area contributed by atoms with Crippen molar-refractivity contribution in [1.82, 2.24) is 4.57 Å². The molecule has 1 aliphatic carbocycles. The Morgan fingerprint density at radius 1 is 0.865 bits per heavy atom. The van der Waals surface area contributed by atoms with Crippen LogP contribution >= 0.6 is 0 Å². The summed E-state index contributed by atoms with van der Waals surface area (Å²) in [6.45, 7) is 9.37. The highest BCUT2D eigenvalue weighted by Gasteiger charge is 2.41. The molecule has 5 rings (SSSR count). The summed E-state index contributed by atoms with van der Waals surface area (Å²) in [7, 11) is 0. The number of urea groups is 1. The number of benzene rings is 3. The minimum atomic E-state index is -0.368. The zero-order valence-corrected chi connectivity index (χ0v) is 22.6. The molecule has 4 aromatic rings. The zero-order valence-electron chi connectivity index (χ0n) is 22.6. The molecule has 0 bridgehead atoms. The molecule has 0 aliphatic heterocycles. The second kappa shape index (κ2) is 10.1. The van der Waals surface area contributed by atoms with Gasteiger partial charge in [-0.05, 0) is 59.6 Å². The van der Waals surface area contributed by atoms with Crippen molar-refractivity contribution in [3.05, 3.63) is 95.7 Å². The fraction of sp³-hybridized carbons (Fsp3) is 0.364. The number of anilines is 1. The standard InChI is InChI=1S/C33H39N3O/c1-23(2)26-16-12-17-27(24(3)4)31(26)36(32(34)37)22-33(19-10-11-20-33)29-21-35(25-13-6-5-7-14-25)30-18-9-8-15-28(29)30/h5-9,12-18,21,23-24H,10-11,19-20,22H2,1-4H3,(H2,34,37). The van der Waals surface area contributed by atoms with Gasteiger partial charge in [-0.3, -0.25) is 4.90 Å². The molecule has 1 heterocycles. The molecule has 0 spiro atoms. The Kier molecular flexibility index (Phi) is 6.85. The maximum Gasteiger partial charge on any atom is 0.319 e. The molecule has 0 atom stereocenters. The fourth-order valence-corrected chi connectivity index (χ4v) is 6.36. The highest BCUT2D eigenvalue weighted by Crippen LogP contribution is 2.47. The van der Waals surface area contributed by atoms with Crippen molar-refractivity contribution < 1.29 is 4.79 Å². The van der Waals surface area contributed by atoms with E-state index >= 15 is 0 Å². The van der Waals surface area contributed by atoms with E-state index < -0.39 is 0 Å². The van der Waals surface area contributed by atoms with Crippen LogP contribution in [0.2, 0.25) is 0 Å². The van der Waals surface area contributed by atoms with E-state index in [-0.39, 0.29) is 23.3 Å². The van der Waals surface area contributed by atoms with Crippen LogP contribution < -0.4 is 10.6 Å². The van der Waals surface area contributed by atoms with Gasteiger partial charge in [0.2, 0.25) is 0 Å². The van der Waals surface area contributed by atoms with Crippen LogP contribution in [0.1, 0.15) is 81.9 Å². The molecule has 1 aromatic heterocycles. The summed E-state index contributed by atoms with van der Waals surface area (Å²) in [6, 6.07) is 25.3. The number of nitrogens with zero attached hydrogens (tertiary/aromatic N) is 2. The number of aromatic nitrogens is 1. The second-order valence-corrected chi connectivity index (χ2v) is 11.3. The molecule has 4 nitrogen and oxygen atoms in total. The second-order valence-electron chi connectivity index (χ2n) is 11.3. The Morgan fingerprint density at radius 2 is 1.46 bits per heavy atom. The first-order chi connectivity index (χ1) is 17.8. The van der Waals surface area contributed by atoms with E-state index in [9.17, 15) is 4.79 Å². The van der Waals surface area contributed by atoms with Crippen molar-refractivity contribution in [2.75, 3.05) is 11.4 Å². The third kappa shape index (κ3) is 4.54. The minimum absolute atomic E-state index is 0.160. The lowest BCUT2D eigenvalue weighted by Crippen LogP contribution is -2.46. The Morgan fingerprint density at radius 3 is 2.05 bits per heavy atom. The summed E-state index contributed by atoms with van der Waals surface area (Å²) < 4.78 is 2.31. The lowest BCUT2D eigenvalue weighted by atomic mass is 9.77. The van der Waals surface area contributed by atoms with Gasteiger partial charge in [0.25, 0.3) is 0 Å². The van der Waals surface area contributed by atoms with E-state index in [1.807, 2.05) is 4.90 Å². The van der Waals surface area contributed by atoms with Gasteiger partial charge in [-0.1, -0.05) is 95.1 Å². The number of fused-ring (bicyclic) bond motifs is 1. The van der Waals surface area contributed by atoms with E-state index in [1.54, 1.807) is 0 Å². The molecule has 2 amide bonds. The molecule has 0 radical (unpaired) electrons. The van der Waals surface area contributed by atoms with Gasteiger partial charge >= 0.3 is 6.03 Å². The van der Waals surface area contributed by atoms with Gasteiger partial charge in [0.15, 0.2) is 0 Å². The first-order valence-corrected chi connectivity index (χ1v) is 13.7. The molecule has 2 N–H and O–H groups in total. The third-order valence-corrected chi connectivity index (χ3v) is 8.22. The van der Waals surface area contributed by atoms with Crippen molar-refractivity contribution in [3.8, 4) is 5.69 Å². The van der Waals surface area contributed by atoms with E-state index in [1.165, 1.54) is 27.6 Å². The van der Waals surface area contributed by atoms with Crippen LogP contribution in [0.4, 0.5) is 10.5 Å². The maximum atomic E-state index is 13.2. The number of carbonyl (C=O) groups excluding carboxylic acids is 1. The van der Waals surface area contributed by atoms with E-state index in [2.05, 4.69) is 111 Å². The van der Waals surface area contributed by atoms with Crippen LogP contribution in [0.15, 0.2) is 79.0 Å². The number of para-hydroxylation sites is 3. The van der Waals surface area contributed by atoms with Crippen LogP contribution in [-0.4, -0.2) is 17.1 Å². The van der Waals surface area contributed by atoms with Crippen molar-refractivity contribution in [3.63, 3.8) is 0 Å². The van der Waals surface area contributed by atoms with E-state index in [4.69, 9.17) is 5.73 Å². The summed E-state index contributed by atoms with van der Waals surface area (Å²) >= 11 is 0. The summed E-state index contributed by atoms with van der Waals surface area (Å²) in [5, 5.41) is 1.26. The average molecular weight is 494 g/mol. The molecule has 3 aromatic carbocycles. The topological polar surface area (TPSA) is 51.3 Å². The molecular formula is C33H39N3O. The van der Waals surface area contributed by atoms with E-state index in [0.717, 1.165) is 37.1 Å². The van der Waals surface area contributed by atoms with Crippen LogP contribution in [-0.2, 0) is 5.41 Å². The molecule has 1 aliphatic rings. The largest absolute Gasteiger partial charge is 0.351 e. The average Bonchev–Trinajstić information content (AvgIpc) is 3.53. The first kappa shape index (κ1) is 25.1. The van der Waals surface area contributed by atoms with Crippen molar-refractivity contribution >= 4 is 22.6 Å². The Hall–Kier alpha value is -3.53. The van der Waals surface area contributed by atoms with E-state index in [0.29, 0.717) is 6.54 Å². The molecule has 1 fully saturated rings. The number of carbonyl (C=O) groups is 1. The zero-order chi connectivity index (χ0) is 26.2. The van der Waals surface area contributed by atoms with Gasteiger partial charge in [-0.25, -0.2) is 4.79 Å². The van der Waals surface area contributed by atoms with Crippen molar-refractivity contribution in [2.45, 2.75) is 70.6 Å². The number of rotatable bonds is 7. The van der Waals surface area contributed by atoms with Gasteiger partial charge in [-0.15, -0.1) is 0 Å². The van der Waals surface area contributed by atoms with Crippen LogP contribution in [0.3, 0.4) is 0 Å². The number of hydrogen-bond donors (Lipinski definition) is 1. The summed E-state index contributed by atoms with van der Waals surface area (Å²) in [5.41, 5.74) is 13.1. The molecule has 0 saturated heterocycles. The molecule has 4 heteroatoms. The maximum absolute atomic E-state index is 13.2. The van der Waals surface area contributed by atoms with Gasteiger partial charge in [-0.2, -0.15) is 0 Å². The fourth-order valence-electron chi connectivity index (χ4n) is 6.36. The molecular weight excluding hydrogens is 454 g/mol. The quantitative estimate of drug-likeness (QED) is 0.277. The summed E-state index contributed by atoms with van der Waals surface area (Å²) in [5.74, 6) is 0.574. The Labute approximate surface area is 221 Å². The molecule has 37 heavy (non-hydrogen) atoms. The summed E-state index contributed by atoms with van der Waals surface area (Å²) in [4.78, 5) is 15.2. The smallest absolute Gasteiger partial charge is 0.319 e. The highest BCUT2D eigenvalue weighted by molar-refractivity contribution is 5.94. The number of amides is 2. The number of hydrogen-bond acceptors (Lipinski definition) is 1. The predicted octanol–water partition coefficient (Wildman–Crippen LogP) is 8.27. The number of nitrogens with two attached hydrogens (primary N) is 1. The Balaban J connectivity index is 1.69. The molecule has 192 valence electrons. The SMILES string of the molecule is CC(C)c1cccc(C(C)C)c1N(CC1(c2cn(-c3ccccc3)c3ccccc23)CCCC1)C(N)=O. The monoisotopic (exact) mass is 493 g/mol. The number of primary amides is 1. The normalized spacial score (nSPS) is 15.1. The van der Waals surface area contributed by atoms with Gasteiger partial charge < -0.3 is 10.3 Å². The Bertz CT molecular complexity index is 1370. The predicted molar refractivity (Wildman–Crippen MR) is 155 cm³/mol. The van der Waals surface area contributed by atoms with Crippen LogP contribution in [0.5, 0.6) is 0 Å². The lowest BCUT2D eigenvalue weighted by Gasteiger charge is -2.37. The first-order valence-electron chi connectivity index (χ1n) is 13.7. The van der Waals surface area contributed by atoms with Crippen molar-refractivity contribution in [1.29, 1.82) is 0 Å². The molecule has 1 saturated carbocycles. The minimum Gasteiger partial charge on any atom is -0.351 e. The lowest BCUT2D eigenvalue weighted by molar-refractivity contribution is 0.251. The van der Waals surface area contributed by atoms with Gasteiger partial charge in [0, 0.05) is 29.2 Å². The third-order valence-electron chi connectivity index (χ3n) is 8.22. The molecule has 0 unspecified atom stereocenters. The van der Waals surface area contributed by atoms with Crippen LogP contribution in [0, 0.1) is 0 Å². The van der Waals surface area contributed by atoms with Gasteiger partial charge in [0.1, 0.15) is 0 Å². The summed E-state index contributed by atoms with van der Waals surface area (Å²) in [6.07, 6.45) is 6.71. The van der Waals surface area contributed by atoms with Crippen molar-refractivity contribution in [2.24, 2.45) is 5.73 Å². The van der Waals surface area contributed by atoms with Crippen LogP contribution in [0.25, 0.3) is 16.6 Å². The highest BCUT2D eigenvalue weighted by atomic mass is 16.2. The van der Waals surface area contributed by atoms with Gasteiger partial charge in [0.05, 0.1) is 11.2 Å².